The first-order valence-electron chi connectivity index (χ1n) is 7.35. The van der Waals surface area contributed by atoms with E-state index in [9.17, 15) is 25.0 Å². The van der Waals surface area contributed by atoms with Crippen LogP contribution in [0.25, 0.3) is 0 Å². The molecule has 0 aliphatic carbocycles. The van der Waals surface area contributed by atoms with Gasteiger partial charge in [0.2, 0.25) is 0 Å². The fraction of sp³-hybridized carbons (Fsp3) is 0.188. The molecule has 9 nitrogen and oxygen atoms in total. The molecule has 0 saturated carbocycles. The summed E-state index contributed by atoms with van der Waals surface area (Å²) in [6, 6.07) is 9.49. The number of likely N-dealkylation sites (N-methyl/N-ethyl adjacent to an activating group) is 1. The minimum atomic E-state index is -0.784. The number of benzene rings is 2. The normalized spacial score (nSPS) is 10.2. The largest absolute Gasteiger partial charge is 0.492 e. The van der Waals surface area contributed by atoms with Crippen LogP contribution in [0.15, 0.2) is 42.5 Å². The standard InChI is InChI=1S/C16H14ClN3O6/c1-18(6-7-26-15-4-2-12(17)3-5-15)16(21)11-8-13(19(22)23)10-14(9-11)20(24)25/h2-5,8-10H,6-7H2,1H3. The third kappa shape index (κ3) is 4.90. The Morgan fingerprint density at radius 3 is 2.12 bits per heavy atom. The van der Waals surface area contributed by atoms with Crippen molar-refractivity contribution < 1.29 is 19.4 Å². The molecule has 2 aromatic carbocycles. The second-order valence-corrected chi connectivity index (χ2v) is 5.72. The number of amides is 1. The van der Waals surface area contributed by atoms with Crippen LogP contribution >= 0.6 is 11.6 Å². The lowest BCUT2D eigenvalue weighted by Gasteiger charge is -2.17. The fourth-order valence-corrected chi connectivity index (χ4v) is 2.21. The first-order chi connectivity index (χ1) is 12.3. The average Bonchev–Trinajstić information content (AvgIpc) is 2.62. The zero-order valence-electron chi connectivity index (χ0n) is 13.6. The van der Waals surface area contributed by atoms with Gasteiger partial charge in [0, 0.05) is 24.2 Å². The van der Waals surface area contributed by atoms with Crippen molar-refractivity contribution in [3.63, 3.8) is 0 Å². The number of nitro benzene ring substituents is 2. The second kappa shape index (κ2) is 8.26. The molecule has 0 fully saturated rings. The number of carbonyl (C=O) groups is 1. The van der Waals surface area contributed by atoms with Crippen LogP contribution in [0.2, 0.25) is 5.02 Å². The number of rotatable bonds is 7. The summed E-state index contributed by atoms with van der Waals surface area (Å²) in [4.78, 5) is 33.9. The Hall–Kier alpha value is -3.20. The van der Waals surface area contributed by atoms with Crippen LogP contribution in [0, 0.1) is 20.2 Å². The Morgan fingerprint density at radius 1 is 1.08 bits per heavy atom. The first kappa shape index (κ1) is 19.1. The Balaban J connectivity index is 2.06. The molecule has 2 rings (SSSR count). The van der Waals surface area contributed by atoms with Gasteiger partial charge in [0.15, 0.2) is 0 Å². The summed E-state index contributed by atoms with van der Waals surface area (Å²) in [6.07, 6.45) is 0. The lowest BCUT2D eigenvalue weighted by atomic mass is 10.1. The minimum Gasteiger partial charge on any atom is -0.492 e. The lowest BCUT2D eigenvalue weighted by Crippen LogP contribution is -2.31. The van der Waals surface area contributed by atoms with E-state index in [1.807, 2.05) is 0 Å². The average molecular weight is 380 g/mol. The molecule has 10 heteroatoms. The Labute approximate surface area is 153 Å². The van der Waals surface area contributed by atoms with Gasteiger partial charge in [-0.1, -0.05) is 11.6 Å². The highest BCUT2D eigenvalue weighted by Gasteiger charge is 2.21. The van der Waals surface area contributed by atoms with Gasteiger partial charge in [0.1, 0.15) is 12.4 Å². The SMILES string of the molecule is CN(CCOc1ccc(Cl)cc1)C(=O)c1cc([N+](=O)[O-])cc([N+](=O)[O-])c1. The van der Waals surface area contributed by atoms with Crippen molar-refractivity contribution in [3.8, 4) is 5.75 Å². The molecule has 0 aromatic heterocycles. The quantitative estimate of drug-likeness (QED) is 0.538. The smallest absolute Gasteiger partial charge is 0.277 e. The summed E-state index contributed by atoms with van der Waals surface area (Å²) in [7, 11) is 1.47. The molecule has 0 aliphatic rings. The molecular formula is C16H14ClN3O6. The van der Waals surface area contributed by atoms with Crippen LogP contribution in [0.5, 0.6) is 5.75 Å². The highest BCUT2D eigenvalue weighted by Crippen LogP contribution is 2.23. The van der Waals surface area contributed by atoms with E-state index < -0.39 is 27.1 Å². The molecule has 0 saturated heterocycles. The molecule has 0 N–H and O–H groups in total. The second-order valence-electron chi connectivity index (χ2n) is 5.28. The zero-order valence-corrected chi connectivity index (χ0v) is 14.4. The Bertz CT molecular complexity index is 808. The first-order valence-corrected chi connectivity index (χ1v) is 7.73. The molecule has 0 atom stereocenters. The molecule has 0 radical (unpaired) electrons. The third-order valence-corrected chi connectivity index (χ3v) is 3.68. The summed E-state index contributed by atoms with van der Waals surface area (Å²) in [6.45, 7) is 0.346. The van der Waals surface area contributed by atoms with Crippen LogP contribution in [0.4, 0.5) is 11.4 Å². The number of hydrogen-bond acceptors (Lipinski definition) is 6. The predicted molar refractivity (Wildman–Crippen MR) is 93.7 cm³/mol. The van der Waals surface area contributed by atoms with Crippen molar-refractivity contribution in [3.05, 3.63) is 73.3 Å². The Morgan fingerprint density at radius 2 is 1.62 bits per heavy atom. The van der Waals surface area contributed by atoms with Crippen LogP contribution in [-0.4, -0.2) is 40.9 Å². The van der Waals surface area contributed by atoms with Crippen LogP contribution in [0.3, 0.4) is 0 Å². The van der Waals surface area contributed by atoms with Gasteiger partial charge < -0.3 is 9.64 Å². The minimum absolute atomic E-state index is 0.139. The number of ether oxygens (including phenoxy) is 1. The molecule has 26 heavy (non-hydrogen) atoms. The summed E-state index contributed by atoms with van der Waals surface area (Å²) in [5.41, 5.74) is -1.18. The molecule has 0 aliphatic heterocycles. The summed E-state index contributed by atoms with van der Waals surface area (Å²) in [5.74, 6) is -0.0160. The lowest BCUT2D eigenvalue weighted by molar-refractivity contribution is -0.394. The Kier molecular flexibility index (Phi) is 6.07. The van der Waals surface area contributed by atoms with Crippen LogP contribution in [-0.2, 0) is 0 Å². The van der Waals surface area contributed by atoms with Crippen LogP contribution < -0.4 is 4.74 Å². The molecule has 0 heterocycles. The fourth-order valence-electron chi connectivity index (χ4n) is 2.08. The van der Waals surface area contributed by atoms with Crippen molar-refractivity contribution in [2.75, 3.05) is 20.2 Å². The molecule has 1 amide bonds. The summed E-state index contributed by atoms with van der Waals surface area (Å²) >= 11 is 5.77. The molecule has 0 unspecified atom stereocenters. The summed E-state index contributed by atoms with van der Waals surface area (Å²) in [5, 5.41) is 22.4. The van der Waals surface area contributed by atoms with Crippen molar-refractivity contribution in [1.29, 1.82) is 0 Å². The van der Waals surface area contributed by atoms with Gasteiger partial charge in [-0.05, 0) is 24.3 Å². The molecular weight excluding hydrogens is 366 g/mol. The molecule has 2 aromatic rings. The van der Waals surface area contributed by atoms with E-state index in [-0.39, 0.29) is 18.7 Å². The summed E-state index contributed by atoms with van der Waals surface area (Å²) < 4.78 is 5.47. The van der Waals surface area contributed by atoms with E-state index in [1.54, 1.807) is 24.3 Å². The number of hydrogen-bond donors (Lipinski definition) is 0. The molecule has 0 spiro atoms. The van der Waals surface area contributed by atoms with Crippen molar-refractivity contribution >= 4 is 28.9 Å². The van der Waals surface area contributed by atoms with Gasteiger partial charge in [-0.2, -0.15) is 0 Å². The highest BCUT2D eigenvalue weighted by atomic mass is 35.5. The van der Waals surface area contributed by atoms with Gasteiger partial charge >= 0.3 is 0 Å². The number of nitrogens with zero attached hydrogens (tertiary/aromatic N) is 3. The van der Waals surface area contributed by atoms with E-state index in [4.69, 9.17) is 16.3 Å². The van der Waals surface area contributed by atoms with E-state index in [1.165, 1.54) is 11.9 Å². The van der Waals surface area contributed by atoms with Gasteiger partial charge in [-0.15, -0.1) is 0 Å². The zero-order chi connectivity index (χ0) is 19.3. The molecule has 0 bridgehead atoms. The van der Waals surface area contributed by atoms with Gasteiger partial charge in [0.05, 0.1) is 28.0 Å². The van der Waals surface area contributed by atoms with E-state index in [0.29, 0.717) is 10.8 Å². The molecule has 136 valence electrons. The van der Waals surface area contributed by atoms with E-state index in [0.717, 1.165) is 18.2 Å². The maximum atomic E-state index is 12.4. The highest BCUT2D eigenvalue weighted by molar-refractivity contribution is 6.30. The van der Waals surface area contributed by atoms with Gasteiger partial charge in [-0.3, -0.25) is 25.0 Å². The monoisotopic (exact) mass is 379 g/mol. The van der Waals surface area contributed by atoms with Crippen molar-refractivity contribution in [2.24, 2.45) is 0 Å². The van der Waals surface area contributed by atoms with Gasteiger partial charge in [-0.25, -0.2) is 0 Å². The van der Waals surface area contributed by atoms with Crippen molar-refractivity contribution in [2.45, 2.75) is 0 Å². The number of halogens is 1. The predicted octanol–water partition coefficient (Wildman–Crippen LogP) is 3.31. The van der Waals surface area contributed by atoms with Gasteiger partial charge in [0.25, 0.3) is 17.3 Å². The maximum Gasteiger partial charge on any atom is 0.277 e. The topological polar surface area (TPSA) is 116 Å². The van der Waals surface area contributed by atoms with E-state index in [2.05, 4.69) is 0 Å². The number of carbonyl (C=O) groups excluding carboxylic acids is 1. The third-order valence-electron chi connectivity index (χ3n) is 3.43. The number of nitro groups is 2. The number of non-ortho nitro benzene ring substituents is 2. The van der Waals surface area contributed by atoms with Crippen molar-refractivity contribution in [1.82, 2.24) is 4.90 Å². The maximum absolute atomic E-state index is 12.4. The van der Waals surface area contributed by atoms with Crippen LogP contribution in [0.1, 0.15) is 10.4 Å². The van der Waals surface area contributed by atoms with E-state index >= 15 is 0 Å².